The summed E-state index contributed by atoms with van der Waals surface area (Å²) in [5.74, 6) is 2.85. The van der Waals surface area contributed by atoms with Gasteiger partial charge in [0.2, 0.25) is 0 Å². The van der Waals surface area contributed by atoms with E-state index in [0.29, 0.717) is 11.5 Å². The zero-order chi connectivity index (χ0) is 34.5. The van der Waals surface area contributed by atoms with Crippen LogP contribution in [-0.4, -0.2) is 19.1 Å². The first-order valence-electron chi connectivity index (χ1n) is 17.0. The summed E-state index contributed by atoms with van der Waals surface area (Å²) < 4.78 is 10.9. The second-order valence-electron chi connectivity index (χ2n) is 14.3. The summed E-state index contributed by atoms with van der Waals surface area (Å²) in [4.78, 5) is 9.65. The van der Waals surface area contributed by atoms with Crippen molar-refractivity contribution in [2.45, 2.75) is 45.4 Å². The van der Waals surface area contributed by atoms with Crippen LogP contribution >= 0.6 is 0 Å². The third-order valence-electron chi connectivity index (χ3n) is 9.59. The van der Waals surface area contributed by atoms with Crippen LogP contribution in [0.5, 0.6) is 11.5 Å². The van der Waals surface area contributed by atoms with Gasteiger partial charge in [0, 0.05) is 46.7 Å². The van der Waals surface area contributed by atoms with Crippen molar-refractivity contribution in [1.82, 2.24) is 19.1 Å². The molecule has 51 heavy (non-hydrogen) atoms. The summed E-state index contributed by atoms with van der Waals surface area (Å²) in [7, 11) is 0. The van der Waals surface area contributed by atoms with Crippen molar-refractivity contribution in [3.63, 3.8) is 0 Å². The number of imidazole rings is 1. The minimum absolute atomic E-state index is 0. The quantitative estimate of drug-likeness (QED) is 0.150. The van der Waals surface area contributed by atoms with E-state index in [9.17, 15) is 0 Å². The van der Waals surface area contributed by atoms with Crippen LogP contribution in [0.3, 0.4) is 0 Å². The minimum Gasteiger partial charge on any atom is -0.503 e. The molecule has 254 valence electrons. The van der Waals surface area contributed by atoms with Gasteiger partial charge in [-0.25, -0.2) is 4.98 Å². The Morgan fingerprint density at radius 1 is 0.608 bits per heavy atom. The van der Waals surface area contributed by atoms with Gasteiger partial charge in [0.25, 0.3) is 0 Å². The molecule has 5 nitrogen and oxygen atoms in total. The molecule has 0 aliphatic heterocycles. The molecule has 0 atom stereocenters. The molecule has 6 heteroatoms. The third-order valence-corrected chi connectivity index (χ3v) is 9.59. The van der Waals surface area contributed by atoms with Gasteiger partial charge in [-0.2, -0.15) is 6.07 Å². The standard InChI is InChI=1S/C45H38N4O.Pt/c1-44(2,3)34-26-31(43-47-24-25-48(43)35-16-10-7-11-17-35)27-37(28-34)50-36-20-21-39-38-18-12-13-19-40(38)49(41(39)30-36)42-29-33(22-23-46-42)45(4,5)32-14-8-6-9-15-32;/h6-26,28-29H,1-5H3;/q-2;+2. The summed E-state index contributed by atoms with van der Waals surface area (Å²) in [6, 6.07) is 49.1. The average molecular weight is 846 g/mol. The fraction of sp³-hybridized carbons (Fsp3) is 0.156. The van der Waals surface area contributed by atoms with Crippen LogP contribution in [0, 0.1) is 12.1 Å². The van der Waals surface area contributed by atoms with Gasteiger partial charge in [-0.15, -0.1) is 34.7 Å². The van der Waals surface area contributed by atoms with Gasteiger partial charge in [-0.1, -0.05) is 119 Å². The van der Waals surface area contributed by atoms with Crippen LogP contribution in [0.1, 0.15) is 51.3 Å². The van der Waals surface area contributed by atoms with Crippen LogP contribution in [0.15, 0.2) is 140 Å². The number of nitrogens with zero attached hydrogens (tertiary/aromatic N) is 4. The van der Waals surface area contributed by atoms with Gasteiger partial charge in [0.15, 0.2) is 0 Å². The predicted molar refractivity (Wildman–Crippen MR) is 203 cm³/mol. The van der Waals surface area contributed by atoms with E-state index in [0.717, 1.165) is 50.3 Å². The van der Waals surface area contributed by atoms with Crippen molar-refractivity contribution in [3.05, 3.63) is 169 Å². The van der Waals surface area contributed by atoms with Crippen LogP contribution < -0.4 is 4.74 Å². The third kappa shape index (κ3) is 6.43. The zero-order valence-electron chi connectivity index (χ0n) is 29.3. The maximum Gasteiger partial charge on any atom is 2.00 e. The molecule has 0 N–H and O–H groups in total. The Bertz CT molecular complexity index is 2470. The fourth-order valence-electron chi connectivity index (χ4n) is 6.69. The molecule has 0 aliphatic rings. The molecular weight excluding hydrogens is 808 g/mol. The first-order chi connectivity index (χ1) is 24.2. The van der Waals surface area contributed by atoms with Crippen LogP contribution in [0.25, 0.3) is 44.7 Å². The Balaban J connectivity index is 0.00000406. The van der Waals surface area contributed by atoms with Gasteiger partial charge in [-0.3, -0.25) is 4.98 Å². The summed E-state index contributed by atoms with van der Waals surface area (Å²) >= 11 is 0. The molecule has 0 fully saturated rings. The number of rotatable bonds is 7. The number of fused-ring (bicyclic) bond motifs is 3. The fourth-order valence-corrected chi connectivity index (χ4v) is 6.69. The van der Waals surface area contributed by atoms with Crippen molar-refractivity contribution in [3.8, 4) is 34.4 Å². The number of para-hydroxylation sites is 2. The largest absolute Gasteiger partial charge is 2.00 e. The van der Waals surface area contributed by atoms with Gasteiger partial charge >= 0.3 is 21.1 Å². The van der Waals surface area contributed by atoms with Gasteiger partial charge in [0.05, 0.1) is 5.82 Å². The first-order valence-corrected chi connectivity index (χ1v) is 17.0. The van der Waals surface area contributed by atoms with E-state index in [4.69, 9.17) is 14.7 Å². The Hall–Kier alpha value is -5.25. The van der Waals surface area contributed by atoms with E-state index in [1.807, 2.05) is 42.9 Å². The van der Waals surface area contributed by atoms with E-state index < -0.39 is 0 Å². The number of ether oxygens (including phenoxy) is 1. The Morgan fingerprint density at radius 3 is 2.10 bits per heavy atom. The van der Waals surface area contributed by atoms with Crippen LogP contribution in [0.4, 0.5) is 0 Å². The molecule has 0 spiro atoms. The van der Waals surface area contributed by atoms with E-state index in [2.05, 4.69) is 153 Å². The maximum atomic E-state index is 6.65. The number of pyridine rings is 1. The van der Waals surface area contributed by atoms with Crippen molar-refractivity contribution in [1.29, 1.82) is 0 Å². The molecule has 8 rings (SSSR count). The number of hydrogen-bond acceptors (Lipinski definition) is 3. The summed E-state index contributed by atoms with van der Waals surface area (Å²) in [6.07, 6.45) is 5.71. The topological polar surface area (TPSA) is 44.9 Å². The van der Waals surface area contributed by atoms with Crippen LogP contribution in [-0.2, 0) is 31.9 Å². The Labute approximate surface area is 313 Å². The molecular formula is C45H38N4OPt. The molecule has 0 saturated heterocycles. The van der Waals surface area contributed by atoms with Crippen LogP contribution in [0.2, 0.25) is 0 Å². The summed E-state index contributed by atoms with van der Waals surface area (Å²) in [5.41, 5.74) is 7.08. The second-order valence-corrected chi connectivity index (χ2v) is 14.3. The van der Waals surface area contributed by atoms with Crippen molar-refractivity contribution in [2.75, 3.05) is 0 Å². The van der Waals surface area contributed by atoms with E-state index in [1.54, 1.807) is 0 Å². The molecule has 0 unspecified atom stereocenters. The number of aromatic nitrogens is 4. The molecule has 0 radical (unpaired) electrons. The minimum atomic E-state index is -0.212. The van der Waals surface area contributed by atoms with E-state index >= 15 is 0 Å². The molecule has 0 saturated carbocycles. The van der Waals surface area contributed by atoms with E-state index in [-0.39, 0.29) is 31.9 Å². The average Bonchev–Trinajstić information content (AvgIpc) is 3.75. The molecule has 3 heterocycles. The summed E-state index contributed by atoms with van der Waals surface area (Å²) in [6.45, 7) is 11.1. The SMILES string of the molecule is CC(C)(C)c1cc(Oc2[c-]c3c(cc2)c2ccccc2n3-c2cc(C(C)(C)c3ccccc3)ccn2)[c-]c(-c2nccn2-c2ccccc2)c1.[Pt+2]. The van der Waals surface area contributed by atoms with Gasteiger partial charge < -0.3 is 13.9 Å². The van der Waals surface area contributed by atoms with Gasteiger partial charge in [-0.05, 0) is 52.3 Å². The van der Waals surface area contributed by atoms with E-state index in [1.165, 1.54) is 11.1 Å². The van der Waals surface area contributed by atoms with Gasteiger partial charge in [0.1, 0.15) is 5.82 Å². The Kier molecular flexibility index (Phi) is 9.03. The molecule has 0 amide bonds. The second kappa shape index (κ2) is 13.5. The smallest absolute Gasteiger partial charge is 0.503 e. The molecule has 3 aromatic heterocycles. The molecule has 0 bridgehead atoms. The molecule has 0 aliphatic carbocycles. The monoisotopic (exact) mass is 845 g/mol. The normalized spacial score (nSPS) is 11.9. The number of benzene rings is 5. The molecule has 8 aromatic rings. The van der Waals surface area contributed by atoms with Crippen molar-refractivity contribution in [2.24, 2.45) is 0 Å². The molecule has 5 aromatic carbocycles. The van der Waals surface area contributed by atoms with Crippen molar-refractivity contribution < 1.29 is 25.8 Å². The van der Waals surface area contributed by atoms with Crippen molar-refractivity contribution >= 4 is 21.8 Å². The maximum absolute atomic E-state index is 6.65. The predicted octanol–water partition coefficient (Wildman–Crippen LogP) is 11.0. The number of hydrogen-bond donors (Lipinski definition) is 0. The zero-order valence-corrected chi connectivity index (χ0v) is 31.6. The first kappa shape index (κ1) is 34.2. The Morgan fingerprint density at radius 2 is 1.33 bits per heavy atom. The summed E-state index contributed by atoms with van der Waals surface area (Å²) in [5, 5.41) is 2.22.